The Bertz CT molecular complexity index is 963. The molecular formula is C22H25FN4O4. The summed E-state index contributed by atoms with van der Waals surface area (Å²) >= 11 is 0. The van der Waals surface area contributed by atoms with Gasteiger partial charge in [-0.1, -0.05) is 0 Å². The summed E-state index contributed by atoms with van der Waals surface area (Å²) < 4.78 is 30.7. The zero-order valence-electron chi connectivity index (χ0n) is 17.8. The van der Waals surface area contributed by atoms with Crippen LogP contribution in [0.2, 0.25) is 0 Å². The molecule has 3 rings (SSSR count). The van der Waals surface area contributed by atoms with Gasteiger partial charge in [0.25, 0.3) is 0 Å². The SMILES string of the molecule is CC(C)(C)OC(=O)N1CCC(Oc2ccnc(COc3ccc(C#N)cc3F)n2)CC1. The Labute approximate surface area is 180 Å². The van der Waals surface area contributed by atoms with Crippen LogP contribution in [0.3, 0.4) is 0 Å². The lowest BCUT2D eigenvalue weighted by atomic mass is 10.1. The number of ether oxygens (including phenoxy) is 3. The summed E-state index contributed by atoms with van der Waals surface area (Å²) in [6.07, 6.45) is 2.46. The minimum Gasteiger partial charge on any atom is -0.483 e. The molecule has 1 aromatic carbocycles. The first-order valence-corrected chi connectivity index (χ1v) is 10.0. The van der Waals surface area contributed by atoms with Crippen LogP contribution in [0.5, 0.6) is 11.6 Å². The average Bonchev–Trinajstić information content (AvgIpc) is 2.72. The van der Waals surface area contributed by atoms with Crippen molar-refractivity contribution in [2.45, 2.75) is 51.9 Å². The molecule has 0 aliphatic carbocycles. The fourth-order valence-electron chi connectivity index (χ4n) is 3.00. The van der Waals surface area contributed by atoms with Crippen molar-refractivity contribution in [1.29, 1.82) is 5.26 Å². The standard InChI is InChI=1S/C22H25FN4O4/c1-22(2,3)31-21(28)27-10-7-16(8-11-27)30-20-6-9-25-19(26-20)14-29-18-5-4-15(13-24)12-17(18)23/h4-6,9,12,16H,7-8,10-11,14H2,1-3H3. The Balaban J connectivity index is 1.51. The van der Waals surface area contributed by atoms with E-state index in [1.807, 2.05) is 26.8 Å². The van der Waals surface area contributed by atoms with Crippen LogP contribution in [0.4, 0.5) is 9.18 Å². The summed E-state index contributed by atoms with van der Waals surface area (Å²) in [6.45, 7) is 6.56. The number of carbonyl (C=O) groups excluding carboxylic acids is 1. The predicted molar refractivity (Wildman–Crippen MR) is 109 cm³/mol. The third-order valence-electron chi connectivity index (χ3n) is 4.48. The molecule has 1 fully saturated rings. The number of likely N-dealkylation sites (tertiary alicyclic amines) is 1. The van der Waals surface area contributed by atoms with Gasteiger partial charge in [-0.05, 0) is 39.0 Å². The molecule has 1 amide bonds. The van der Waals surface area contributed by atoms with E-state index in [0.29, 0.717) is 37.6 Å². The van der Waals surface area contributed by atoms with Crippen molar-refractivity contribution in [2.75, 3.05) is 13.1 Å². The van der Waals surface area contributed by atoms with Gasteiger partial charge in [0.1, 0.15) is 18.3 Å². The summed E-state index contributed by atoms with van der Waals surface area (Å²) in [5.74, 6) is 0.128. The molecule has 31 heavy (non-hydrogen) atoms. The fraction of sp³-hybridized carbons (Fsp3) is 0.455. The van der Waals surface area contributed by atoms with E-state index in [1.54, 1.807) is 17.2 Å². The van der Waals surface area contributed by atoms with Crippen molar-refractivity contribution in [3.8, 4) is 17.7 Å². The Morgan fingerprint density at radius 3 is 2.68 bits per heavy atom. The molecule has 1 aliphatic rings. The van der Waals surface area contributed by atoms with Gasteiger partial charge in [0.2, 0.25) is 5.88 Å². The lowest BCUT2D eigenvalue weighted by Crippen LogP contribution is -2.44. The molecule has 0 unspecified atom stereocenters. The molecule has 2 heterocycles. The van der Waals surface area contributed by atoms with E-state index in [-0.39, 0.29) is 30.1 Å². The number of benzene rings is 1. The van der Waals surface area contributed by atoms with Gasteiger partial charge < -0.3 is 19.1 Å². The maximum atomic E-state index is 13.9. The number of nitrogens with zero attached hydrogens (tertiary/aromatic N) is 4. The molecule has 2 aromatic rings. The quantitative estimate of drug-likeness (QED) is 0.713. The van der Waals surface area contributed by atoms with Crippen molar-refractivity contribution in [1.82, 2.24) is 14.9 Å². The number of halogens is 1. The van der Waals surface area contributed by atoms with Crippen molar-refractivity contribution in [3.63, 3.8) is 0 Å². The van der Waals surface area contributed by atoms with Crippen LogP contribution in [-0.4, -0.2) is 45.8 Å². The molecule has 1 saturated heterocycles. The van der Waals surface area contributed by atoms with Crippen molar-refractivity contribution in [2.24, 2.45) is 0 Å². The normalized spacial score (nSPS) is 14.6. The summed E-state index contributed by atoms with van der Waals surface area (Å²) in [4.78, 5) is 22.3. The fourth-order valence-corrected chi connectivity index (χ4v) is 3.00. The van der Waals surface area contributed by atoms with Crippen LogP contribution >= 0.6 is 0 Å². The molecule has 0 spiro atoms. The monoisotopic (exact) mass is 428 g/mol. The number of piperidine rings is 1. The van der Waals surface area contributed by atoms with Crippen LogP contribution in [0, 0.1) is 17.1 Å². The van der Waals surface area contributed by atoms with Gasteiger partial charge in [0.05, 0.1) is 11.6 Å². The topological polar surface area (TPSA) is 97.6 Å². The highest BCUT2D eigenvalue weighted by molar-refractivity contribution is 5.68. The second-order valence-corrected chi connectivity index (χ2v) is 8.14. The molecule has 164 valence electrons. The number of hydrogen-bond donors (Lipinski definition) is 0. The Morgan fingerprint density at radius 1 is 1.29 bits per heavy atom. The van der Waals surface area contributed by atoms with E-state index in [2.05, 4.69) is 9.97 Å². The van der Waals surface area contributed by atoms with Crippen LogP contribution in [-0.2, 0) is 11.3 Å². The molecule has 1 aliphatic heterocycles. The average molecular weight is 428 g/mol. The van der Waals surface area contributed by atoms with E-state index < -0.39 is 11.4 Å². The maximum Gasteiger partial charge on any atom is 0.410 e. The number of aromatic nitrogens is 2. The zero-order valence-corrected chi connectivity index (χ0v) is 17.8. The van der Waals surface area contributed by atoms with Gasteiger partial charge >= 0.3 is 6.09 Å². The first-order valence-electron chi connectivity index (χ1n) is 10.0. The molecule has 0 N–H and O–H groups in total. The Hall–Kier alpha value is -3.41. The third-order valence-corrected chi connectivity index (χ3v) is 4.48. The van der Waals surface area contributed by atoms with Gasteiger partial charge in [0, 0.05) is 38.2 Å². The van der Waals surface area contributed by atoms with Gasteiger partial charge in [-0.3, -0.25) is 0 Å². The molecule has 9 heteroatoms. The maximum absolute atomic E-state index is 13.9. The summed E-state index contributed by atoms with van der Waals surface area (Å²) in [5, 5.41) is 8.80. The van der Waals surface area contributed by atoms with Gasteiger partial charge in [0.15, 0.2) is 17.4 Å². The minimum absolute atomic E-state index is 0.0171. The van der Waals surface area contributed by atoms with Crippen LogP contribution in [0.15, 0.2) is 30.5 Å². The Morgan fingerprint density at radius 2 is 2.03 bits per heavy atom. The largest absolute Gasteiger partial charge is 0.483 e. The van der Waals surface area contributed by atoms with Crippen molar-refractivity contribution < 1.29 is 23.4 Å². The van der Waals surface area contributed by atoms with E-state index in [4.69, 9.17) is 19.5 Å². The summed E-state index contributed by atoms with van der Waals surface area (Å²) in [7, 11) is 0. The molecular weight excluding hydrogens is 403 g/mol. The van der Waals surface area contributed by atoms with Gasteiger partial charge in [-0.2, -0.15) is 10.2 Å². The molecule has 0 radical (unpaired) electrons. The number of rotatable bonds is 5. The molecule has 0 bridgehead atoms. The van der Waals surface area contributed by atoms with E-state index in [9.17, 15) is 9.18 Å². The second kappa shape index (κ2) is 9.60. The van der Waals surface area contributed by atoms with Crippen LogP contribution in [0.1, 0.15) is 45.0 Å². The smallest absolute Gasteiger partial charge is 0.410 e. The first kappa shape index (κ1) is 22.3. The summed E-state index contributed by atoms with van der Waals surface area (Å²) in [5.41, 5.74) is -0.306. The van der Waals surface area contributed by atoms with E-state index in [1.165, 1.54) is 12.1 Å². The molecule has 8 nitrogen and oxygen atoms in total. The lowest BCUT2D eigenvalue weighted by molar-refractivity contribution is 0.0122. The lowest BCUT2D eigenvalue weighted by Gasteiger charge is -2.33. The molecule has 1 aromatic heterocycles. The number of amides is 1. The first-order chi connectivity index (χ1) is 14.7. The van der Waals surface area contributed by atoms with E-state index in [0.717, 1.165) is 6.07 Å². The third kappa shape index (κ3) is 6.54. The number of nitriles is 1. The second-order valence-electron chi connectivity index (χ2n) is 8.14. The van der Waals surface area contributed by atoms with Crippen molar-refractivity contribution >= 4 is 6.09 Å². The molecule has 0 atom stereocenters. The highest BCUT2D eigenvalue weighted by Gasteiger charge is 2.27. The van der Waals surface area contributed by atoms with E-state index >= 15 is 0 Å². The number of hydrogen-bond acceptors (Lipinski definition) is 7. The van der Waals surface area contributed by atoms with Gasteiger partial charge in [-0.25, -0.2) is 14.2 Å². The van der Waals surface area contributed by atoms with Crippen molar-refractivity contribution in [3.05, 3.63) is 47.7 Å². The highest BCUT2D eigenvalue weighted by Crippen LogP contribution is 2.21. The van der Waals surface area contributed by atoms with Gasteiger partial charge in [-0.15, -0.1) is 0 Å². The minimum atomic E-state index is -0.622. The Kier molecular flexibility index (Phi) is 6.90. The predicted octanol–water partition coefficient (Wildman–Crippen LogP) is 3.84. The number of carbonyl (C=O) groups is 1. The highest BCUT2D eigenvalue weighted by atomic mass is 19.1. The van der Waals surface area contributed by atoms with Crippen LogP contribution < -0.4 is 9.47 Å². The zero-order chi connectivity index (χ0) is 22.4. The molecule has 0 saturated carbocycles. The van der Waals surface area contributed by atoms with Crippen LogP contribution in [0.25, 0.3) is 0 Å². The summed E-state index contributed by atoms with van der Waals surface area (Å²) in [6, 6.07) is 7.49.